The van der Waals surface area contributed by atoms with Gasteiger partial charge in [0.1, 0.15) is 5.75 Å². The lowest BCUT2D eigenvalue weighted by Crippen LogP contribution is -2.40. The summed E-state index contributed by atoms with van der Waals surface area (Å²) in [4.78, 5) is 16.7. The molecule has 0 bridgehead atoms. The molecule has 0 aliphatic carbocycles. The number of benzene rings is 2. The summed E-state index contributed by atoms with van der Waals surface area (Å²) >= 11 is 0. The average molecular weight is 508 g/mol. The first-order chi connectivity index (χ1) is 13.6. The van der Waals surface area contributed by atoms with Gasteiger partial charge in [-0.05, 0) is 42.7 Å². The molecule has 156 valence electrons. The van der Waals surface area contributed by atoms with Crippen LogP contribution >= 0.6 is 24.0 Å². The van der Waals surface area contributed by atoms with Crippen LogP contribution in [0.15, 0.2) is 47.5 Å². The van der Waals surface area contributed by atoms with E-state index in [2.05, 4.69) is 28.1 Å². The molecule has 6 nitrogen and oxygen atoms in total. The second-order valence-corrected chi connectivity index (χ2v) is 6.92. The van der Waals surface area contributed by atoms with Crippen LogP contribution in [0.4, 0.5) is 5.69 Å². The third-order valence-electron chi connectivity index (χ3n) is 4.85. The van der Waals surface area contributed by atoms with Crippen molar-refractivity contribution in [2.24, 2.45) is 4.99 Å². The highest BCUT2D eigenvalue weighted by molar-refractivity contribution is 14.0. The van der Waals surface area contributed by atoms with E-state index in [-0.39, 0.29) is 35.8 Å². The second kappa shape index (κ2) is 11.0. The predicted molar refractivity (Wildman–Crippen MR) is 128 cm³/mol. The van der Waals surface area contributed by atoms with Crippen LogP contribution in [-0.2, 0) is 11.3 Å². The zero-order valence-corrected chi connectivity index (χ0v) is 19.4. The summed E-state index contributed by atoms with van der Waals surface area (Å²) in [5, 5.41) is 9.61. The van der Waals surface area contributed by atoms with Crippen LogP contribution in [0.1, 0.15) is 36.0 Å². The quantitative estimate of drug-likeness (QED) is 0.315. The van der Waals surface area contributed by atoms with Crippen LogP contribution in [-0.4, -0.2) is 32.1 Å². The van der Waals surface area contributed by atoms with Crippen molar-refractivity contribution in [1.29, 1.82) is 0 Å². The van der Waals surface area contributed by atoms with E-state index >= 15 is 0 Å². The number of ether oxygens (including phenoxy) is 1. The standard InChI is InChI=1S/C22H28N4O2.HI/c1-4-23-22(24-13-16-9-10-20(28-3)15(2)11-16)25-14-17-12-21(27)26-19-8-6-5-7-18(17)19;/h5-11,17H,4,12-14H2,1-3H3,(H,26,27)(H2,23,24,25);1H. The molecule has 1 aliphatic rings. The molecular weight excluding hydrogens is 479 g/mol. The van der Waals surface area contributed by atoms with E-state index in [1.807, 2.05) is 44.2 Å². The number of carbonyl (C=O) groups excluding carboxylic acids is 1. The Bertz CT molecular complexity index is 870. The number of nitrogens with zero attached hydrogens (tertiary/aromatic N) is 1. The van der Waals surface area contributed by atoms with Crippen LogP contribution in [0.3, 0.4) is 0 Å². The van der Waals surface area contributed by atoms with Gasteiger partial charge in [0.05, 0.1) is 13.7 Å². The Hall–Kier alpha value is -2.29. The number of amides is 1. The van der Waals surface area contributed by atoms with Gasteiger partial charge in [-0.1, -0.05) is 30.3 Å². The third-order valence-corrected chi connectivity index (χ3v) is 4.85. The SMILES string of the molecule is CCNC(=NCc1ccc(OC)c(C)c1)NCC1CC(=O)Nc2ccccc21.I. The van der Waals surface area contributed by atoms with E-state index in [9.17, 15) is 4.79 Å². The molecule has 3 rings (SSSR count). The molecule has 0 spiro atoms. The van der Waals surface area contributed by atoms with Gasteiger partial charge in [0.25, 0.3) is 0 Å². The topological polar surface area (TPSA) is 74.8 Å². The molecule has 0 saturated heterocycles. The molecular formula is C22H29IN4O2. The van der Waals surface area contributed by atoms with E-state index < -0.39 is 0 Å². The Morgan fingerprint density at radius 1 is 1.24 bits per heavy atom. The van der Waals surface area contributed by atoms with Crippen molar-refractivity contribution in [1.82, 2.24) is 10.6 Å². The van der Waals surface area contributed by atoms with Crippen molar-refractivity contribution >= 4 is 41.5 Å². The minimum atomic E-state index is 0. The normalized spacial score (nSPS) is 15.6. The maximum atomic E-state index is 12.0. The molecule has 0 radical (unpaired) electrons. The minimum Gasteiger partial charge on any atom is -0.496 e. The van der Waals surface area contributed by atoms with Crippen LogP contribution < -0.4 is 20.7 Å². The predicted octanol–water partition coefficient (Wildman–Crippen LogP) is 3.80. The minimum absolute atomic E-state index is 0. The fraction of sp³-hybridized carbons (Fsp3) is 0.364. The molecule has 7 heteroatoms. The summed E-state index contributed by atoms with van der Waals surface area (Å²) in [5.41, 5.74) is 4.29. The number of methoxy groups -OCH3 is 1. The van der Waals surface area contributed by atoms with Gasteiger partial charge in [-0.3, -0.25) is 4.79 Å². The Morgan fingerprint density at radius 2 is 2.03 bits per heavy atom. The van der Waals surface area contributed by atoms with Crippen molar-refractivity contribution in [2.75, 3.05) is 25.5 Å². The van der Waals surface area contributed by atoms with Crippen molar-refractivity contribution in [3.05, 3.63) is 59.2 Å². The lowest BCUT2D eigenvalue weighted by atomic mass is 9.90. The molecule has 1 aliphatic heterocycles. The molecule has 0 fully saturated rings. The zero-order chi connectivity index (χ0) is 19.9. The van der Waals surface area contributed by atoms with E-state index in [4.69, 9.17) is 9.73 Å². The molecule has 3 N–H and O–H groups in total. The number of aryl methyl sites for hydroxylation is 1. The number of hydrogen-bond acceptors (Lipinski definition) is 3. The monoisotopic (exact) mass is 508 g/mol. The van der Waals surface area contributed by atoms with Crippen molar-refractivity contribution in [2.45, 2.75) is 32.7 Å². The van der Waals surface area contributed by atoms with E-state index in [0.29, 0.717) is 19.5 Å². The molecule has 1 heterocycles. The van der Waals surface area contributed by atoms with Gasteiger partial charge in [0.15, 0.2) is 5.96 Å². The molecule has 29 heavy (non-hydrogen) atoms. The van der Waals surface area contributed by atoms with Crippen molar-refractivity contribution < 1.29 is 9.53 Å². The molecule has 2 aromatic rings. The van der Waals surface area contributed by atoms with Crippen molar-refractivity contribution in [3.63, 3.8) is 0 Å². The third kappa shape index (κ3) is 6.09. The lowest BCUT2D eigenvalue weighted by Gasteiger charge is -2.26. The van der Waals surface area contributed by atoms with Gasteiger partial charge in [0, 0.05) is 31.1 Å². The highest BCUT2D eigenvalue weighted by Crippen LogP contribution is 2.31. The smallest absolute Gasteiger partial charge is 0.225 e. The lowest BCUT2D eigenvalue weighted by molar-refractivity contribution is -0.116. The summed E-state index contributed by atoms with van der Waals surface area (Å²) in [5.74, 6) is 1.81. The zero-order valence-electron chi connectivity index (χ0n) is 17.1. The molecule has 1 amide bonds. The number of rotatable bonds is 6. The Morgan fingerprint density at radius 3 is 2.76 bits per heavy atom. The first kappa shape index (κ1) is 23.0. The van der Waals surface area contributed by atoms with Crippen LogP contribution in [0.5, 0.6) is 5.75 Å². The molecule has 1 atom stereocenters. The van der Waals surface area contributed by atoms with Gasteiger partial charge < -0.3 is 20.7 Å². The number of anilines is 1. The molecule has 1 unspecified atom stereocenters. The summed E-state index contributed by atoms with van der Waals surface area (Å²) in [6.07, 6.45) is 0.473. The number of guanidine groups is 1. The number of fused-ring (bicyclic) bond motifs is 1. The van der Waals surface area contributed by atoms with Gasteiger partial charge >= 0.3 is 0 Å². The Kier molecular flexibility index (Phi) is 8.75. The van der Waals surface area contributed by atoms with Crippen LogP contribution in [0, 0.1) is 6.92 Å². The Labute approximate surface area is 189 Å². The summed E-state index contributed by atoms with van der Waals surface area (Å²) in [6.45, 7) is 6.06. The molecule has 0 aromatic heterocycles. The van der Waals surface area contributed by atoms with E-state index in [1.165, 1.54) is 0 Å². The van der Waals surface area contributed by atoms with Gasteiger partial charge in [-0.2, -0.15) is 0 Å². The number of nitrogens with one attached hydrogen (secondary N) is 3. The Balaban J connectivity index is 0.00000300. The highest BCUT2D eigenvalue weighted by atomic mass is 127. The van der Waals surface area contributed by atoms with Crippen molar-refractivity contribution in [3.8, 4) is 5.75 Å². The van der Waals surface area contributed by atoms with E-state index in [1.54, 1.807) is 7.11 Å². The van der Waals surface area contributed by atoms with Gasteiger partial charge in [-0.25, -0.2) is 4.99 Å². The maximum Gasteiger partial charge on any atom is 0.225 e. The number of halogens is 1. The average Bonchev–Trinajstić information content (AvgIpc) is 2.69. The van der Waals surface area contributed by atoms with Crippen LogP contribution in [0.2, 0.25) is 0 Å². The fourth-order valence-electron chi connectivity index (χ4n) is 3.45. The number of aliphatic imine (C=N–C) groups is 1. The second-order valence-electron chi connectivity index (χ2n) is 6.92. The fourth-order valence-corrected chi connectivity index (χ4v) is 3.45. The maximum absolute atomic E-state index is 12.0. The largest absolute Gasteiger partial charge is 0.496 e. The summed E-state index contributed by atoms with van der Waals surface area (Å²) < 4.78 is 5.31. The van der Waals surface area contributed by atoms with E-state index in [0.717, 1.165) is 40.6 Å². The number of hydrogen-bond donors (Lipinski definition) is 3. The van der Waals surface area contributed by atoms with Crippen LogP contribution in [0.25, 0.3) is 0 Å². The molecule has 0 saturated carbocycles. The molecule has 2 aromatic carbocycles. The highest BCUT2D eigenvalue weighted by Gasteiger charge is 2.24. The summed E-state index contributed by atoms with van der Waals surface area (Å²) in [6, 6.07) is 14.1. The first-order valence-corrected chi connectivity index (χ1v) is 9.65. The van der Waals surface area contributed by atoms with Gasteiger partial charge in [0.2, 0.25) is 5.91 Å². The number of carbonyl (C=O) groups is 1. The first-order valence-electron chi connectivity index (χ1n) is 9.65. The number of para-hydroxylation sites is 1. The summed E-state index contributed by atoms with van der Waals surface area (Å²) in [7, 11) is 1.68. The van der Waals surface area contributed by atoms with Gasteiger partial charge in [-0.15, -0.1) is 24.0 Å².